The molecule has 1 amide bonds. The van der Waals surface area contributed by atoms with Crippen LogP contribution in [0.3, 0.4) is 0 Å². The molecule has 0 radical (unpaired) electrons. The van der Waals surface area contributed by atoms with Gasteiger partial charge in [-0.2, -0.15) is 13.2 Å². The number of halogens is 4. The summed E-state index contributed by atoms with van der Waals surface area (Å²) in [5.74, 6) is -1.69. The largest absolute Gasteiger partial charge is 0.399 e. The minimum absolute atomic E-state index is 0.163. The molecule has 0 saturated heterocycles. The van der Waals surface area contributed by atoms with E-state index < -0.39 is 30.9 Å². The second kappa shape index (κ2) is 5.24. The van der Waals surface area contributed by atoms with E-state index in [2.05, 4.69) is 0 Å². The van der Waals surface area contributed by atoms with E-state index in [-0.39, 0.29) is 16.8 Å². The van der Waals surface area contributed by atoms with Crippen LogP contribution < -0.4 is 11.1 Å². The minimum atomic E-state index is -4.36. The number of hydrogen-bond acceptors (Lipinski definition) is 2. The zero-order valence-electron chi connectivity index (χ0n) is 9.57. The van der Waals surface area contributed by atoms with Crippen molar-refractivity contribution in [1.82, 2.24) is 5.32 Å². The van der Waals surface area contributed by atoms with Crippen LogP contribution in [-0.4, -0.2) is 18.6 Å². The van der Waals surface area contributed by atoms with Gasteiger partial charge in [0.1, 0.15) is 5.82 Å². The monoisotopic (exact) mass is 264 g/mol. The van der Waals surface area contributed by atoms with E-state index in [4.69, 9.17) is 5.73 Å². The Balaban J connectivity index is 2.73. The molecule has 1 rings (SSSR count). The van der Waals surface area contributed by atoms with Gasteiger partial charge < -0.3 is 11.1 Å². The Bertz CT molecular complexity index is 457. The Hall–Kier alpha value is -1.79. The SMILES string of the molecule is Cc1cc(N)cc(C(=O)NCCC(F)(F)F)c1F. The van der Waals surface area contributed by atoms with Crippen molar-refractivity contribution in [2.45, 2.75) is 19.5 Å². The first kappa shape index (κ1) is 14.3. The molecule has 0 atom stereocenters. The quantitative estimate of drug-likeness (QED) is 0.650. The lowest BCUT2D eigenvalue weighted by Gasteiger charge is -2.10. The van der Waals surface area contributed by atoms with Crippen LogP contribution in [-0.2, 0) is 0 Å². The maximum Gasteiger partial charge on any atom is 0.390 e. The highest BCUT2D eigenvalue weighted by Crippen LogP contribution is 2.19. The van der Waals surface area contributed by atoms with E-state index in [1.807, 2.05) is 5.32 Å². The Morgan fingerprint density at radius 2 is 2.00 bits per heavy atom. The van der Waals surface area contributed by atoms with Gasteiger partial charge in [0.15, 0.2) is 0 Å². The molecule has 1 aromatic rings. The molecular weight excluding hydrogens is 252 g/mol. The second-order valence-electron chi connectivity index (χ2n) is 3.82. The number of alkyl halides is 3. The Labute approximate surface area is 101 Å². The van der Waals surface area contributed by atoms with Crippen LogP contribution in [0.25, 0.3) is 0 Å². The number of carbonyl (C=O) groups excluding carboxylic acids is 1. The van der Waals surface area contributed by atoms with Crippen molar-refractivity contribution < 1.29 is 22.4 Å². The topological polar surface area (TPSA) is 55.1 Å². The van der Waals surface area contributed by atoms with Gasteiger partial charge >= 0.3 is 6.18 Å². The minimum Gasteiger partial charge on any atom is -0.399 e. The smallest absolute Gasteiger partial charge is 0.390 e. The van der Waals surface area contributed by atoms with Gasteiger partial charge in [0.05, 0.1) is 12.0 Å². The number of anilines is 1. The highest BCUT2D eigenvalue weighted by atomic mass is 19.4. The molecule has 18 heavy (non-hydrogen) atoms. The number of hydrogen-bond donors (Lipinski definition) is 2. The summed E-state index contributed by atoms with van der Waals surface area (Å²) in [6.07, 6.45) is -5.53. The number of benzene rings is 1. The van der Waals surface area contributed by atoms with Gasteiger partial charge in [-0.15, -0.1) is 0 Å². The lowest BCUT2D eigenvalue weighted by atomic mass is 10.1. The number of nitrogens with one attached hydrogen (secondary N) is 1. The van der Waals surface area contributed by atoms with Crippen LogP contribution in [0.5, 0.6) is 0 Å². The zero-order chi connectivity index (χ0) is 13.9. The molecule has 100 valence electrons. The molecule has 0 aromatic heterocycles. The van der Waals surface area contributed by atoms with Crippen LogP contribution in [0.2, 0.25) is 0 Å². The fraction of sp³-hybridized carbons (Fsp3) is 0.364. The summed E-state index contributed by atoms with van der Waals surface area (Å²) in [5, 5.41) is 2.00. The summed E-state index contributed by atoms with van der Waals surface area (Å²) in [6.45, 7) is 0.813. The van der Waals surface area contributed by atoms with E-state index in [0.29, 0.717) is 0 Å². The molecule has 0 unspecified atom stereocenters. The standard InChI is InChI=1S/C11H12F4N2O/c1-6-4-7(16)5-8(9(6)12)10(18)17-3-2-11(13,14)15/h4-5H,2-3,16H2,1H3,(H,17,18). The molecular formula is C11H12F4N2O. The lowest BCUT2D eigenvalue weighted by Crippen LogP contribution is -2.28. The van der Waals surface area contributed by atoms with Gasteiger partial charge in [0.25, 0.3) is 5.91 Å². The molecule has 3 nitrogen and oxygen atoms in total. The van der Waals surface area contributed by atoms with Crippen molar-refractivity contribution in [1.29, 1.82) is 0 Å². The average Bonchev–Trinajstić information content (AvgIpc) is 2.21. The van der Waals surface area contributed by atoms with E-state index >= 15 is 0 Å². The molecule has 3 N–H and O–H groups in total. The van der Waals surface area contributed by atoms with Gasteiger partial charge in [0.2, 0.25) is 0 Å². The third-order valence-corrected chi connectivity index (χ3v) is 2.22. The maximum absolute atomic E-state index is 13.6. The molecule has 0 aliphatic rings. The first-order valence-electron chi connectivity index (χ1n) is 5.11. The molecule has 0 bridgehead atoms. The summed E-state index contributed by atoms with van der Waals surface area (Å²) in [4.78, 5) is 11.5. The molecule has 7 heteroatoms. The van der Waals surface area contributed by atoms with Crippen LogP contribution in [0.15, 0.2) is 12.1 Å². The Morgan fingerprint density at radius 1 is 1.39 bits per heavy atom. The van der Waals surface area contributed by atoms with Crippen molar-refractivity contribution >= 4 is 11.6 Å². The highest BCUT2D eigenvalue weighted by molar-refractivity contribution is 5.95. The van der Waals surface area contributed by atoms with Crippen molar-refractivity contribution in [2.24, 2.45) is 0 Å². The molecule has 0 spiro atoms. The third-order valence-electron chi connectivity index (χ3n) is 2.22. The average molecular weight is 264 g/mol. The normalized spacial score (nSPS) is 11.4. The number of carbonyl (C=O) groups is 1. The highest BCUT2D eigenvalue weighted by Gasteiger charge is 2.27. The fourth-order valence-electron chi connectivity index (χ4n) is 1.38. The molecule has 0 heterocycles. The van der Waals surface area contributed by atoms with Gasteiger partial charge in [-0.3, -0.25) is 4.79 Å². The predicted molar refractivity (Wildman–Crippen MR) is 58.6 cm³/mol. The van der Waals surface area contributed by atoms with E-state index in [9.17, 15) is 22.4 Å². The number of nitrogens with two attached hydrogens (primary N) is 1. The fourth-order valence-corrected chi connectivity index (χ4v) is 1.38. The molecule has 0 aliphatic heterocycles. The molecule has 1 aromatic carbocycles. The second-order valence-corrected chi connectivity index (χ2v) is 3.82. The lowest BCUT2D eigenvalue weighted by molar-refractivity contribution is -0.132. The number of rotatable bonds is 3. The van der Waals surface area contributed by atoms with Crippen molar-refractivity contribution in [2.75, 3.05) is 12.3 Å². The Kier molecular flexibility index (Phi) is 4.15. The summed E-state index contributed by atoms with van der Waals surface area (Å²) in [7, 11) is 0. The number of amides is 1. The van der Waals surface area contributed by atoms with Gasteiger partial charge in [-0.1, -0.05) is 0 Å². The van der Waals surface area contributed by atoms with Crippen molar-refractivity contribution in [3.05, 3.63) is 29.1 Å². The van der Waals surface area contributed by atoms with E-state index in [1.54, 1.807) is 0 Å². The van der Waals surface area contributed by atoms with Crippen molar-refractivity contribution in [3.8, 4) is 0 Å². The summed E-state index contributed by atoms with van der Waals surface area (Å²) >= 11 is 0. The third kappa shape index (κ3) is 3.90. The van der Waals surface area contributed by atoms with E-state index in [0.717, 1.165) is 6.07 Å². The first-order chi connectivity index (χ1) is 8.20. The molecule has 0 fully saturated rings. The molecule has 0 saturated carbocycles. The van der Waals surface area contributed by atoms with Crippen LogP contribution in [0.4, 0.5) is 23.2 Å². The first-order valence-corrected chi connectivity index (χ1v) is 5.11. The summed E-state index contributed by atoms with van der Waals surface area (Å²) < 4.78 is 49.2. The maximum atomic E-state index is 13.6. The predicted octanol–water partition coefficient (Wildman–Crippen LogP) is 2.40. The van der Waals surface area contributed by atoms with E-state index in [1.165, 1.54) is 13.0 Å². The van der Waals surface area contributed by atoms with Crippen LogP contribution in [0, 0.1) is 12.7 Å². The Morgan fingerprint density at radius 3 is 2.56 bits per heavy atom. The van der Waals surface area contributed by atoms with Crippen molar-refractivity contribution in [3.63, 3.8) is 0 Å². The summed E-state index contributed by atoms with van der Waals surface area (Å²) in [5.41, 5.74) is 5.42. The van der Waals surface area contributed by atoms with Crippen LogP contribution >= 0.6 is 0 Å². The number of aryl methyl sites for hydroxylation is 1. The molecule has 0 aliphatic carbocycles. The summed E-state index contributed by atoms with van der Waals surface area (Å²) in [6, 6.07) is 2.42. The van der Waals surface area contributed by atoms with Crippen LogP contribution in [0.1, 0.15) is 22.3 Å². The van der Waals surface area contributed by atoms with Gasteiger partial charge in [0, 0.05) is 12.2 Å². The zero-order valence-corrected chi connectivity index (χ0v) is 9.57. The van der Waals surface area contributed by atoms with Gasteiger partial charge in [-0.25, -0.2) is 4.39 Å². The number of nitrogen functional groups attached to an aromatic ring is 1. The van der Waals surface area contributed by atoms with Gasteiger partial charge in [-0.05, 0) is 24.6 Å².